The fourth-order valence-electron chi connectivity index (χ4n) is 4.02. The van der Waals surface area contributed by atoms with Gasteiger partial charge in [0.25, 0.3) is 0 Å². The molecule has 2 heterocycles. The minimum absolute atomic E-state index is 0.0791. The minimum atomic E-state index is -0.0791. The van der Waals surface area contributed by atoms with Gasteiger partial charge in [-0.1, -0.05) is 29.8 Å². The molecule has 0 saturated carbocycles. The van der Waals surface area contributed by atoms with Gasteiger partial charge in [-0.15, -0.1) is 0 Å². The number of hydrogen-bond acceptors (Lipinski definition) is 5. The fourth-order valence-corrected chi connectivity index (χ4v) is 4.02. The van der Waals surface area contributed by atoms with E-state index in [2.05, 4.69) is 92.5 Å². The Morgan fingerprint density at radius 3 is 1.41 bits per heavy atom. The van der Waals surface area contributed by atoms with Crippen LogP contribution in [0.15, 0.2) is 60.9 Å². The van der Waals surface area contributed by atoms with Crippen LogP contribution in [0.25, 0.3) is 0 Å². The van der Waals surface area contributed by atoms with Crippen molar-refractivity contribution in [1.29, 1.82) is 0 Å². The summed E-state index contributed by atoms with van der Waals surface area (Å²) in [5.74, 6) is 0.385. The van der Waals surface area contributed by atoms with Gasteiger partial charge < -0.3 is 5.11 Å². The number of aromatic hydroxyl groups is 1. The highest BCUT2D eigenvalue weighted by molar-refractivity contribution is 5.43. The van der Waals surface area contributed by atoms with Gasteiger partial charge in [0.1, 0.15) is 5.75 Å². The Kier molecular flexibility index (Phi) is 8.11. The van der Waals surface area contributed by atoms with Gasteiger partial charge in [-0.3, -0.25) is 19.8 Å². The number of rotatable bonds is 8. The second-order valence-electron chi connectivity index (χ2n) is 11.1. The van der Waals surface area contributed by atoms with Crippen molar-refractivity contribution in [2.24, 2.45) is 0 Å². The molecule has 34 heavy (non-hydrogen) atoms. The molecular formula is C29H40N4O. The molecule has 3 rings (SSSR count). The molecule has 2 aromatic heterocycles. The number of phenolic OH excluding ortho intramolecular Hbond substituents is 1. The van der Waals surface area contributed by atoms with E-state index in [1.807, 2.05) is 36.7 Å². The van der Waals surface area contributed by atoms with Gasteiger partial charge in [0.2, 0.25) is 0 Å². The number of aryl methyl sites for hydroxylation is 1. The summed E-state index contributed by atoms with van der Waals surface area (Å²) in [6, 6.07) is 16.2. The molecule has 0 aliphatic rings. The predicted octanol–water partition coefficient (Wildman–Crippen LogP) is 6.09. The van der Waals surface area contributed by atoms with Gasteiger partial charge >= 0.3 is 0 Å². The van der Waals surface area contributed by atoms with Crippen LogP contribution in [0.5, 0.6) is 5.75 Å². The highest BCUT2D eigenvalue weighted by Crippen LogP contribution is 2.31. The number of aromatic nitrogens is 2. The monoisotopic (exact) mass is 460 g/mol. The van der Waals surface area contributed by atoms with E-state index in [1.54, 1.807) is 0 Å². The zero-order valence-corrected chi connectivity index (χ0v) is 21.8. The number of phenols is 1. The van der Waals surface area contributed by atoms with Gasteiger partial charge in [-0.2, -0.15) is 0 Å². The largest absolute Gasteiger partial charge is 0.507 e. The molecule has 0 amide bonds. The quantitative estimate of drug-likeness (QED) is 0.441. The molecule has 0 fully saturated rings. The summed E-state index contributed by atoms with van der Waals surface area (Å²) in [6.07, 6.45) is 3.67. The lowest BCUT2D eigenvalue weighted by atomic mass is 9.98. The first-order valence-electron chi connectivity index (χ1n) is 12.0. The molecule has 5 nitrogen and oxygen atoms in total. The van der Waals surface area contributed by atoms with Crippen LogP contribution >= 0.6 is 0 Å². The Morgan fingerprint density at radius 1 is 0.676 bits per heavy atom. The van der Waals surface area contributed by atoms with Crippen LogP contribution in [0.2, 0.25) is 0 Å². The summed E-state index contributed by atoms with van der Waals surface area (Å²) >= 11 is 0. The van der Waals surface area contributed by atoms with Crippen molar-refractivity contribution in [2.45, 2.75) is 85.7 Å². The third-order valence-corrected chi connectivity index (χ3v) is 6.19. The normalized spacial score (nSPS) is 12.5. The number of nitrogens with zero attached hydrogens (tertiary/aromatic N) is 4. The van der Waals surface area contributed by atoms with E-state index in [1.165, 1.54) is 0 Å². The molecule has 1 aromatic carbocycles. The first-order valence-corrected chi connectivity index (χ1v) is 12.0. The molecule has 0 spiro atoms. The Balaban J connectivity index is 1.89. The van der Waals surface area contributed by atoms with Crippen LogP contribution in [0.1, 0.15) is 69.6 Å². The summed E-state index contributed by atoms with van der Waals surface area (Å²) in [6.45, 7) is 18.1. The summed E-state index contributed by atoms with van der Waals surface area (Å²) in [7, 11) is 0. The lowest BCUT2D eigenvalue weighted by Crippen LogP contribution is -2.41. The van der Waals surface area contributed by atoms with Crippen molar-refractivity contribution >= 4 is 0 Å². The maximum Gasteiger partial charge on any atom is 0.124 e. The molecule has 0 atom stereocenters. The zero-order valence-electron chi connectivity index (χ0n) is 21.8. The SMILES string of the molecule is Cc1cc(CN(Cc2ccccn2)C(C)(C)C)c(O)c(CN(Cc2ccccn2)C(C)(C)C)c1. The Hall–Kier alpha value is -2.76. The fraction of sp³-hybridized carbons (Fsp3) is 0.448. The van der Waals surface area contributed by atoms with Crippen LogP contribution in [0.3, 0.4) is 0 Å². The maximum absolute atomic E-state index is 11.4. The molecule has 3 aromatic rings. The standard InChI is InChI=1S/C29H40N4O/c1-22-16-23(18-32(28(2,3)4)20-25-12-8-10-14-30-25)27(34)24(17-22)19-33(29(5,6)7)21-26-13-9-11-15-31-26/h8-17,34H,18-21H2,1-7H3. The summed E-state index contributed by atoms with van der Waals surface area (Å²) in [4.78, 5) is 13.8. The molecule has 0 aliphatic carbocycles. The van der Waals surface area contributed by atoms with Crippen LogP contribution in [-0.2, 0) is 26.2 Å². The van der Waals surface area contributed by atoms with E-state index < -0.39 is 0 Å². The van der Waals surface area contributed by atoms with Gasteiger partial charge in [-0.05, 0) is 72.7 Å². The predicted molar refractivity (Wildman–Crippen MR) is 139 cm³/mol. The second kappa shape index (κ2) is 10.7. The zero-order chi connectivity index (χ0) is 24.9. The highest BCUT2D eigenvalue weighted by Gasteiger charge is 2.26. The van der Waals surface area contributed by atoms with E-state index >= 15 is 0 Å². The van der Waals surface area contributed by atoms with Crippen molar-refractivity contribution in [3.8, 4) is 5.75 Å². The average Bonchev–Trinajstić information content (AvgIpc) is 2.76. The summed E-state index contributed by atoms with van der Waals surface area (Å²) in [5, 5.41) is 11.4. The number of benzene rings is 1. The Morgan fingerprint density at radius 2 is 1.09 bits per heavy atom. The molecule has 0 unspecified atom stereocenters. The van der Waals surface area contributed by atoms with Crippen LogP contribution < -0.4 is 0 Å². The molecular weight excluding hydrogens is 420 g/mol. The summed E-state index contributed by atoms with van der Waals surface area (Å²) in [5.41, 5.74) is 4.95. The van der Waals surface area contributed by atoms with Crippen molar-refractivity contribution in [1.82, 2.24) is 19.8 Å². The van der Waals surface area contributed by atoms with Crippen LogP contribution in [0.4, 0.5) is 0 Å². The molecule has 5 heteroatoms. The van der Waals surface area contributed by atoms with Crippen LogP contribution in [-0.4, -0.2) is 36.0 Å². The van der Waals surface area contributed by atoms with Gasteiger partial charge in [0.15, 0.2) is 0 Å². The van der Waals surface area contributed by atoms with Crippen molar-refractivity contribution < 1.29 is 5.11 Å². The number of pyridine rings is 2. The molecule has 0 saturated heterocycles. The molecule has 0 bridgehead atoms. The molecule has 182 valence electrons. The van der Waals surface area contributed by atoms with E-state index in [0.717, 1.165) is 41.2 Å². The molecule has 1 N–H and O–H groups in total. The van der Waals surface area contributed by atoms with Gasteiger partial charge in [-0.25, -0.2) is 0 Å². The van der Waals surface area contributed by atoms with E-state index in [4.69, 9.17) is 0 Å². The van der Waals surface area contributed by atoms with Crippen molar-refractivity contribution in [3.05, 3.63) is 89.0 Å². The first kappa shape index (κ1) is 25.9. The summed E-state index contributed by atoms with van der Waals surface area (Å²) < 4.78 is 0. The average molecular weight is 461 g/mol. The van der Waals surface area contributed by atoms with Crippen molar-refractivity contribution in [2.75, 3.05) is 0 Å². The van der Waals surface area contributed by atoms with Crippen LogP contribution in [0, 0.1) is 6.92 Å². The van der Waals surface area contributed by atoms with E-state index in [-0.39, 0.29) is 11.1 Å². The maximum atomic E-state index is 11.4. The lowest BCUT2D eigenvalue weighted by molar-refractivity contribution is 0.112. The molecule has 0 radical (unpaired) electrons. The van der Waals surface area contributed by atoms with Gasteiger partial charge in [0.05, 0.1) is 11.4 Å². The van der Waals surface area contributed by atoms with E-state index in [9.17, 15) is 5.11 Å². The third-order valence-electron chi connectivity index (χ3n) is 6.19. The third kappa shape index (κ3) is 7.12. The molecule has 0 aliphatic heterocycles. The number of hydrogen-bond donors (Lipinski definition) is 1. The second-order valence-corrected chi connectivity index (χ2v) is 11.1. The first-order chi connectivity index (χ1) is 15.9. The Labute approximate surface area is 205 Å². The Bertz CT molecular complexity index is 970. The van der Waals surface area contributed by atoms with Gasteiger partial charge in [0, 0.05) is 60.8 Å². The van der Waals surface area contributed by atoms with Crippen molar-refractivity contribution in [3.63, 3.8) is 0 Å². The minimum Gasteiger partial charge on any atom is -0.507 e. The smallest absolute Gasteiger partial charge is 0.124 e. The highest BCUT2D eigenvalue weighted by atomic mass is 16.3. The topological polar surface area (TPSA) is 52.5 Å². The van der Waals surface area contributed by atoms with E-state index in [0.29, 0.717) is 18.8 Å². The lowest BCUT2D eigenvalue weighted by Gasteiger charge is -2.37.